The van der Waals surface area contributed by atoms with Crippen LogP contribution in [0.1, 0.15) is 28.7 Å². The topological polar surface area (TPSA) is 85.3 Å². The zero-order chi connectivity index (χ0) is 20.8. The van der Waals surface area contributed by atoms with E-state index in [-0.39, 0.29) is 23.6 Å². The molecule has 1 atom stereocenters. The number of pyridine rings is 1. The molecule has 2 aromatic heterocycles. The van der Waals surface area contributed by atoms with Gasteiger partial charge in [0, 0.05) is 23.5 Å². The number of nitrogens with two attached hydrogens (primary N) is 1. The van der Waals surface area contributed by atoms with Crippen LogP contribution in [0.15, 0.2) is 53.8 Å². The first kappa shape index (κ1) is 18.7. The van der Waals surface area contributed by atoms with E-state index < -0.39 is 28.9 Å². The molecule has 1 aliphatic heterocycles. The molecule has 0 saturated heterocycles. The van der Waals surface area contributed by atoms with Gasteiger partial charge in [-0.25, -0.2) is 18.2 Å². The molecule has 3 heterocycles. The number of nitrogens with one attached hydrogen (secondary N) is 1. The van der Waals surface area contributed by atoms with Crippen molar-refractivity contribution in [3.05, 3.63) is 83.2 Å². The molecule has 29 heavy (non-hydrogen) atoms. The van der Waals surface area contributed by atoms with Crippen LogP contribution >= 0.6 is 0 Å². The number of carbonyl (C=O) groups is 1. The van der Waals surface area contributed by atoms with Crippen LogP contribution < -0.4 is 11.1 Å². The van der Waals surface area contributed by atoms with Gasteiger partial charge in [0.25, 0.3) is 5.91 Å². The molecule has 1 aromatic carbocycles. The summed E-state index contributed by atoms with van der Waals surface area (Å²) in [5.41, 5.74) is 5.77. The first-order chi connectivity index (χ1) is 13.7. The van der Waals surface area contributed by atoms with Gasteiger partial charge in [0.05, 0.1) is 18.4 Å². The largest absolute Gasteiger partial charge is 0.382 e. The summed E-state index contributed by atoms with van der Waals surface area (Å²) in [6.07, 6.45) is 2.21. The van der Waals surface area contributed by atoms with Crippen LogP contribution in [0.25, 0.3) is 0 Å². The minimum Gasteiger partial charge on any atom is -0.382 e. The molecular formula is C20H16F3N5O. The third-order valence-electron chi connectivity index (χ3n) is 4.74. The van der Waals surface area contributed by atoms with Crippen LogP contribution in [0.4, 0.5) is 18.9 Å². The van der Waals surface area contributed by atoms with Crippen molar-refractivity contribution in [2.75, 3.05) is 5.32 Å². The van der Waals surface area contributed by atoms with Gasteiger partial charge in [-0.2, -0.15) is 0 Å². The molecule has 0 spiro atoms. The molecule has 0 fully saturated rings. The second kappa shape index (κ2) is 6.77. The fraction of sp³-hybridized carbons (Fsp3) is 0.150. The van der Waals surface area contributed by atoms with Crippen LogP contribution in [-0.2, 0) is 12.1 Å². The van der Waals surface area contributed by atoms with Gasteiger partial charge < -0.3 is 15.6 Å². The average Bonchev–Trinajstić information content (AvgIpc) is 3.04. The highest BCUT2D eigenvalue weighted by molar-refractivity contribution is 6.02. The smallest absolute Gasteiger partial charge is 0.274 e. The molecule has 1 unspecified atom stereocenters. The molecule has 148 valence electrons. The Bertz CT molecular complexity index is 1140. The van der Waals surface area contributed by atoms with E-state index in [1.807, 2.05) is 0 Å². The number of amidine groups is 1. The fourth-order valence-electron chi connectivity index (χ4n) is 3.38. The van der Waals surface area contributed by atoms with Gasteiger partial charge in [-0.15, -0.1) is 0 Å². The molecular weight excluding hydrogens is 383 g/mol. The van der Waals surface area contributed by atoms with Crippen LogP contribution in [0.3, 0.4) is 0 Å². The van der Waals surface area contributed by atoms with Crippen molar-refractivity contribution in [1.29, 1.82) is 0 Å². The van der Waals surface area contributed by atoms with E-state index in [9.17, 15) is 18.0 Å². The monoisotopic (exact) mass is 399 g/mol. The van der Waals surface area contributed by atoms with Crippen LogP contribution in [0.2, 0.25) is 0 Å². The Morgan fingerprint density at radius 1 is 1.17 bits per heavy atom. The number of carbonyl (C=O) groups excluding carboxylic acids is 1. The van der Waals surface area contributed by atoms with Crippen molar-refractivity contribution >= 4 is 17.4 Å². The highest BCUT2D eigenvalue weighted by atomic mass is 19.1. The Labute approximate surface area is 163 Å². The second-order valence-corrected chi connectivity index (χ2v) is 6.95. The van der Waals surface area contributed by atoms with Gasteiger partial charge in [0.1, 0.15) is 34.5 Å². The first-order valence-electron chi connectivity index (χ1n) is 8.69. The molecule has 3 N–H and O–H groups in total. The minimum atomic E-state index is -1.11. The molecule has 6 nitrogen and oxygen atoms in total. The number of aromatic nitrogens is 2. The van der Waals surface area contributed by atoms with E-state index in [0.717, 1.165) is 12.3 Å². The molecule has 0 radical (unpaired) electrons. The first-order valence-corrected chi connectivity index (χ1v) is 8.69. The Hall–Kier alpha value is -3.62. The van der Waals surface area contributed by atoms with Gasteiger partial charge in [-0.3, -0.25) is 9.79 Å². The number of fused-ring (bicyclic) bond motifs is 1. The summed E-state index contributed by atoms with van der Waals surface area (Å²) in [7, 11) is 0. The lowest BCUT2D eigenvalue weighted by atomic mass is 9.90. The van der Waals surface area contributed by atoms with Crippen molar-refractivity contribution in [2.24, 2.45) is 10.7 Å². The van der Waals surface area contributed by atoms with Gasteiger partial charge in [0.2, 0.25) is 0 Å². The average molecular weight is 399 g/mol. The van der Waals surface area contributed by atoms with Gasteiger partial charge in [-0.05, 0) is 37.3 Å². The standard InChI is InChI=1S/C20H16F3N5O/c1-20(10-28-9-12(22)6-17(28)18(24)27-20)14-7-13(3-4-15(14)23)26-19(29)16-5-2-11(21)8-25-16/h2-9H,10H2,1H3,(H2,24,27)(H,26,29). The molecule has 3 aromatic rings. The highest BCUT2D eigenvalue weighted by Gasteiger charge is 2.35. The van der Waals surface area contributed by atoms with Crippen LogP contribution in [-0.4, -0.2) is 21.3 Å². The summed E-state index contributed by atoms with van der Waals surface area (Å²) >= 11 is 0. The summed E-state index contributed by atoms with van der Waals surface area (Å²) in [5, 5.41) is 2.60. The Morgan fingerprint density at radius 3 is 2.69 bits per heavy atom. The number of rotatable bonds is 3. The van der Waals surface area contributed by atoms with Crippen molar-refractivity contribution < 1.29 is 18.0 Å². The maximum atomic E-state index is 14.7. The second-order valence-electron chi connectivity index (χ2n) is 6.95. The van der Waals surface area contributed by atoms with Crippen molar-refractivity contribution in [1.82, 2.24) is 9.55 Å². The summed E-state index contributed by atoms with van der Waals surface area (Å²) in [6, 6.07) is 7.66. The van der Waals surface area contributed by atoms with E-state index in [1.54, 1.807) is 11.5 Å². The molecule has 0 bridgehead atoms. The van der Waals surface area contributed by atoms with Crippen LogP contribution in [0.5, 0.6) is 0 Å². The minimum absolute atomic E-state index is 0.0101. The highest BCUT2D eigenvalue weighted by Crippen LogP contribution is 2.35. The quantitative estimate of drug-likeness (QED) is 0.709. The number of anilines is 1. The number of halogens is 3. The van der Waals surface area contributed by atoms with Crippen LogP contribution in [0, 0.1) is 17.5 Å². The molecule has 4 rings (SSSR count). The third-order valence-corrected chi connectivity index (χ3v) is 4.74. The molecule has 1 amide bonds. The molecule has 9 heteroatoms. The van der Waals surface area contributed by atoms with Gasteiger partial charge in [0.15, 0.2) is 0 Å². The van der Waals surface area contributed by atoms with E-state index in [2.05, 4.69) is 15.3 Å². The number of nitrogens with zero attached hydrogens (tertiary/aromatic N) is 3. The summed E-state index contributed by atoms with van der Waals surface area (Å²) in [6.45, 7) is 1.84. The zero-order valence-corrected chi connectivity index (χ0v) is 15.3. The van der Waals surface area contributed by atoms with Gasteiger partial charge >= 0.3 is 0 Å². The van der Waals surface area contributed by atoms with Crippen molar-refractivity contribution in [3.63, 3.8) is 0 Å². The predicted molar refractivity (Wildman–Crippen MR) is 101 cm³/mol. The fourth-order valence-corrected chi connectivity index (χ4v) is 3.38. The van der Waals surface area contributed by atoms with Crippen molar-refractivity contribution in [2.45, 2.75) is 19.0 Å². The van der Waals surface area contributed by atoms with E-state index in [1.165, 1.54) is 36.5 Å². The normalized spacial score (nSPS) is 18.1. The summed E-state index contributed by atoms with van der Waals surface area (Å²) in [4.78, 5) is 20.4. The lowest BCUT2D eigenvalue weighted by Gasteiger charge is -2.32. The van der Waals surface area contributed by atoms with Crippen molar-refractivity contribution in [3.8, 4) is 0 Å². The maximum Gasteiger partial charge on any atom is 0.274 e. The lowest BCUT2D eigenvalue weighted by Crippen LogP contribution is -2.37. The third kappa shape index (κ3) is 3.46. The summed E-state index contributed by atoms with van der Waals surface area (Å²) < 4.78 is 42.8. The number of aliphatic imine (C=N–C) groups is 1. The number of benzene rings is 1. The number of amides is 1. The summed E-state index contributed by atoms with van der Waals surface area (Å²) in [5.74, 6) is -2.05. The SMILES string of the molecule is CC1(c2cc(NC(=O)c3ccc(F)cn3)ccc2F)Cn2cc(F)cc2C(N)=N1. The predicted octanol–water partition coefficient (Wildman–Crippen LogP) is 3.19. The Kier molecular flexibility index (Phi) is 4.37. The van der Waals surface area contributed by atoms with E-state index in [0.29, 0.717) is 11.4 Å². The lowest BCUT2D eigenvalue weighted by molar-refractivity contribution is 0.102. The molecule has 0 saturated carbocycles. The maximum absolute atomic E-state index is 14.7. The molecule has 1 aliphatic rings. The molecule has 0 aliphatic carbocycles. The van der Waals surface area contributed by atoms with Gasteiger partial charge in [-0.1, -0.05) is 0 Å². The Balaban J connectivity index is 1.66. The van der Waals surface area contributed by atoms with E-state index in [4.69, 9.17) is 5.73 Å². The zero-order valence-electron chi connectivity index (χ0n) is 15.3. The number of hydrogen-bond donors (Lipinski definition) is 2. The Morgan fingerprint density at radius 2 is 1.97 bits per heavy atom. The van der Waals surface area contributed by atoms with E-state index >= 15 is 0 Å². The number of hydrogen-bond acceptors (Lipinski definition) is 4.